The number of aliphatic carboxylic acids is 1. The van der Waals surface area contributed by atoms with Crippen molar-refractivity contribution in [3.8, 4) is 11.1 Å². The molecule has 0 saturated heterocycles. The Morgan fingerprint density at radius 2 is 1.46 bits per heavy atom. The van der Waals surface area contributed by atoms with E-state index in [2.05, 4.69) is 10.6 Å². The molecule has 0 heterocycles. The molecule has 0 bridgehead atoms. The summed E-state index contributed by atoms with van der Waals surface area (Å²) in [5.74, 6) is -4.10. The Balaban J connectivity index is 2.03. The SMILES string of the molecule is CC(=O)SCCOOP(=O)(C[C@@H](Cc1ccc(-c2ccccc2)cc1)C(=O)N[C@H](C)C(=O)O)C(NC(=O)OC(C)(C)C)c1ccccc1. The van der Waals surface area contributed by atoms with E-state index in [1.807, 2.05) is 54.6 Å². The van der Waals surface area contributed by atoms with Crippen LogP contribution in [-0.2, 0) is 39.7 Å². The molecular formula is C35H43N2O9PS. The van der Waals surface area contributed by atoms with Crippen LogP contribution in [0.1, 0.15) is 51.5 Å². The number of carbonyl (C=O) groups excluding carboxylic acids is 3. The van der Waals surface area contributed by atoms with Crippen LogP contribution in [0.2, 0.25) is 0 Å². The minimum Gasteiger partial charge on any atom is -0.480 e. The van der Waals surface area contributed by atoms with Crippen LogP contribution >= 0.6 is 19.1 Å². The van der Waals surface area contributed by atoms with Gasteiger partial charge in [0.05, 0.1) is 12.5 Å². The van der Waals surface area contributed by atoms with Gasteiger partial charge in [-0.25, -0.2) is 9.68 Å². The number of carboxylic acids is 1. The summed E-state index contributed by atoms with van der Waals surface area (Å²) < 4.78 is 26.2. The van der Waals surface area contributed by atoms with E-state index >= 15 is 4.57 Å². The topological polar surface area (TPSA) is 157 Å². The van der Waals surface area contributed by atoms with Crippen molar-refractivity contribution in [3.63, 3.8) is 0 Å². The fourth-order valence-corrected chi connectivity index (χ4v) is 7.56. The molecule has 2 amide bonds. The zero-order valence-electron chi connectivity index (χ0n) is 27.7. The number of hydrogen-bond acceptors (Lipinski definition) is 9. The van der Waals surface area contributed by atoms with E-state index in [4.69, 9.17) is 14.3 Å². The molecule has 48 heavy (non-hydrogen) atoms. The lowest BCUT2D eigenvalue weighted by Crippen LogP contribution is -2.44. The van der Waals surface area contributed by atoms with E-state index in [0.717, 1.165) is 28.5 Å². The summed E-state index contributed by atoms with van der Waals surface area (Å²) >= 11 is 0.990. The number of benzene rings is 3. The third-order valence-electron chi connectivity index (χ3n) is 6.93. The average molecular weight is 699 g/mol. The highest BCUT2D eigenvalue weighted by Gasteiger charge is 2.43. The number of ether oxygens (including phenoxy) is 1. The van der Waals surface area contributed by atoms with E-state index in [0.29, 0.717) is 5.56 Å². The number of carbonyl (C=O) groups is 4. The summed E-state index contributed by atoms with van der Waals surface area (Å²) in [4.78, 5) is 55.3. The number of nitrogens with one attached hydrogen (secondary N) is 2. The molecule has 3 rings (SSSR count). The number of amides is 2. The summed E-state index contributed by atoms with van der Waals surface area (Å²) in [6, 6.07) is 24.4. The Morgan fingerprint density at radius 1 is 0.875 bits per heavy atom. The zero-order chi connectivity index (χ0) is 35.3. The van der Waals surface area contributed by atoms with Gasteiger partial charge in [-0.3, -0.25) is 18.9 Å². The molecule has 0 fully saturated rings. The maximum absolute atomic E-state index is 15.1. The molecule has 11 nitrogen and oxygen atoms in total. The molecule has 2 unspecified atom stereocenters. The largest absolute Gasteiger partial charge is 0.480 e. The fourth-order valence-electron chi connectivity index (χ4n) is 4.68. The number of rotatable bonds is 16. The van der Waals surface area contributed by atoms with Crippen LogP contribution in [0.15, 0.2) is 84.9 Å². The Kier molecular flexibility index (Phi) is 14.4. The molecule has 0 aliphatic carbocycles. The first-order valence-electron chi connectivity index (χ1n) is 15.4. The first-order chi connectivity index (χ1) is 22.7. The zero-order valence-corrected chi connectivity index (χ0v) is 29.4. The molecule has 3 aromatic rings. The van der Waals surface area contributed by atoms with E-state index in [1.54, 1.807) is 51.1 Å². The summed E-state index contributed by atoms with van der Waals surface area (Å²) in [5.41, 5.74) is 2.21. The van der Waals surface area contributed by atoms with Crippen LogP contribution in [0, 0.1) is 5.92 Å². The van der Waals surface area contributed by atoms with Crippen LogP contribution in [0.3, 0.4) is 0 Å². The third-order valence-corrected chi connectivity index (χ3v) is 10.2. The van der Waals surface area contributed by atoms with E-state index in [-0.39, 0.29) is 23.9 Å². The predicted octanol–water partition coefficient (Wildman–Crippen LogP) is 6.83. The van der Waals surface area contributed by atoms with Gasteiger partial charge in [-0.2, -0.15) is 4.67 Å². The van der Waals surface area contributed by atoms with Gasteiger partial charge in [0.2, 0.25) is 5.91 Å². The second-order valence-electron chi connectivity index (χ2n) is 12.1. The first-order valence-corrected chi connectivity index (χ1v) is 18.3. The normalized spacial score (nSPS) is 14.5. The number of alkyl carbamates (subject to hydrolysis) is 1. The molecule has 0 aliphatic rings. The van der Waals surface area contributed by atoms with Crippen molar-refractivity contribution in [2.75, 3.05) is 18.5 Å². The molecule has 4 atom stereocenters. The number of hydrogen-bond donors (Lipinski definition) is 3. The summed E-state index contributed by atoms with van der Waals surface area (Å²) in [7, 11) is -4.24. The fraction of sp³-hybridized carbons (Fsp3) is 0.371. The molecule has 258 valence electrons. The van der Waals surface area contributed by atoms with E-state index in [9.17, 15) is 24.3 Å². The second-order valence-corrected chi connectivity index (χ2v) is 15.9. The molecule has 13 heteroatoms. The highest BCUT2D eigenvalue weighted by atomic mass is 32.2. The maximum Gasteiger partial charge on any atom is 0.408 e. The maximum atomic E-state index is 15.1. The first kappa shape index (κ1) is 38.5. The molecule has 3 N–H and O–H groups in total. The van der Waals surface area contributed by atoms with Crippen molar-refractivity contribution in [2.45, 2.75) is 58.5 Å². The average Bonchev–Trinajstić information content (AvgIpc) is 3.03. The third kappa shape index (κ3) is 12.6. The van der Waals surface area contributed by atoms with E-state index < -0.39 is 54.8 Å². The van der Waals surface area contributed by atoms with Gasteiger partial charge in [-0.05, 0) is 56.4 Å². The van der Waals surface area contributed by atoms with Gasteiger partial charge in [0.15, 0.2) is 5.12 Å². The smallest absolute Gasteiger partial charge is 0.408 e. The van der Waals surface area contributed by atoms with Gasteiger partial charge in [0.1, 0.15) is 17.4 Å². The van der Waals surface area contributed by atoms with Crippen molar-refractivity contribution < 1.29 is 43.1 Å². The van der Waals surface area contributed by atoms with Crippen LogP contribution in [-0.4, -0.2) is 58.4 Å². The Hall–Kier alpha value is -3.96. The lowest BCUT2D eigenvalue weighted by atomic mass is 9.97. The van der Waals surface area contributed by atoms with Crippen molar-refractivity contribution in [3.05, 3.63) is 96.1 Å². The Morgan fingerprint density at radius 3 is 2.02 bits per heavy atom. The molecular weight excluding hydrogens is 655 g/mol. The van der Waals surface area contributed by atoms with Gasteiger partial charge in [-0.1, -0.05) is 96.7 Å². The summed E-state index contributed by atoms with van der Waals surface area (Å²) in [5, 5.41) is 14.5. The number of thioether (sulfide) groups is 1. The standard InChI is InChI=1S/C35H43N2O9PS/c1-24(33(40)41)36-31(39)30(22-26-16-18-28(19-17-26)27-12-8-6-9-13-27)23-47(43,46-44-20-21-48-25(2)38)32(29-14-10-7-11-15-29)37-34(42)45-35(3,4)5/h6-19,24,30,32H,20-23H2,1-5H3,(H,36,39)(H,37,42)(H,40,41)/t24-,30-,32?,47?/m1/s1. The predicted molar refractivity (Wildman–Crippen MR) is 186 cm³/mol. The highest BCUT2D eigenvalue weighted by molar-refractivity contribution is 8.13. The Bertz CT molecular complexity index is 1560. The van der Waals surface area contributed by atoms with Crippen molar-refractivity contribution in [1.29, 1.82) is 0 Å². The van der Waals surface area contributed by atoms with Crippen LogP contribution in [0.25, 0.3) is 11.1 Å². The molecule has 0 spiro atoms. The van der Waals surface area contributed by atoms with Crippen LogP contribution < -0.4 is 10.6 Å². The highest BCUT2D eigenvalue weighted by Crippen LogP contribution is 2.60. The summed E-state index contributed by atoms with van der Waals surface area (Å²) in [6.07, 6.45) is -1.25. The molecule has 0 radical (unpaired) electrons. The molecule has 0 saturated carbocycles. The quantitative estimate of drug-likeness (QED) is 0.0627. The second kappa shape index (κ2) is 18.0. The minimum absolute atomic E-state index is 0.0642. The van der Waals surface area contributed by atoms with Gasteiger partial charge in [-0.15, -0.1) is 0 Å². The molecule has 3 aromatic carbocycles. The van der Waals surface area contributed by atoms with Crippen molar-refractivity contribution >= 4 is 42.2 Å². The van der Waals surface area contributed by atoms with E-state index in [1.165, 1.54) is 13.8 Å². The van der Waals surface area contributed by atoms with Gasteiger partial charge >= 0.3 is 12.1 Å². The van der Waals surface area contributed by atoms with Crippen LogP contribution in [0.5, 0.6) is 0 Å². The van der Waals surface area contributed by atoms with Gasteiger partial charge in [0, 0.05) is 18.8 Å². The lowest BCUT2D eigenvalue weighted by Gasteiger charge is -2.31. The van der Waals surface area contributed by atoms with Gasteiger partial charge in [0.25, 0.3) is 7.37 Å². The van der Waals surface area contributed by atoms with Crippen molar-refractivity contribution in [2.24, 2.45) is 5.92 Å². The molecule has 0 aliphatic heterocycles. The Labute approximate surface area is 285 Å². The van der Waals surface area contributed by atoms with Gasteiger partial charge < -0.3 is 20.5 Å². The minimum atomic E-state index is -4.24. The van der Waals surface area contributed by atoms with Crippen LogP contribution in [0.4, 0.5) is 4.79 Å². The molecule has 0 aromatic heterocycles. The van der Waals surface area contributed by atoms with Crippen molar-refractivity contribution in [1.82, 2.24) is 10.6 Å². The number of carboxylic acid groups (broad SMARTS) is 1. The monoisotopic (exact) mass is 698 g/mol. The summed E-state index contributed by atoms with van der Waals surface area (Å²) in [6.45, 7) is 7.67. The lowest BCUT2D eigenvalue weighted by molar-refractivity contribution is -0.201.